The van der Waals surface area contributed by atoms with E-state index in [2.05, 4.69) is 0 Å². The first-order valence-electron chi connectivity index (χ1n) is 7.80. The second-order valence-electron chi connectivity index (χ2n) is 5.89. The lowest BCUT2D eigenvalue weighted by Crippen LogP contribution is -2.36. The molecule has 24 heavy (non-hydrogen) atoms. The predicted octanol–water partition coefficient (Wildman–Crippen LogP) is 1.71. The zero-order valence-electron chi connectivity index (χ0n) is 13.3. The fourth-order valence-corrected chi connectivity index (χ4v) is 2.84. The van der Waals surface area contributed by atoms with Crippen LogP contribution >= 0.6 is 0 Å². The Kier molecular flexibility index (Phi) is 4.57. The molecule has 0 spiro atoms. The Labute approximate surface area is 138 Å². The number of cyclic esters (lactones) is 1. The number of amides is 1. The molecule has 2 atom stereocenters. The van der Waals surface area contributed by atoms with Gasteiger partial charge in [0, 0.05) is 13.1 Å². The Hall–Kier alpha value is -2.35. The number of aliphatic carboxylic acids is 1. The number of carboxylic acid groups (broad SMARTS) is 1. The quantitative estimate of drug-likeness (QED) is 0.900. The summed E-state index contributed by atoms with van der Waals surface area (Å²) in [5.74, 6) is -2.29. The van der Waals surface area contributed by atoms with E-state index in [9.17, 15) is 14.0 Å². The van der Waals surface area contributed by atoms with Gasteiger partial charge in [-0.15, -0.1) is 0 Å². The van der Waals surface area contributed by atoms with Gasteiger partial charge in [0.2, 0.25) is 0 Å². The fourth-order valence-electron chi connectivity index (χ4n) is 2.84. The average Bonchev–Trinajstić information content (AvgIpc) is 2.96. The molecule has 1 aromatic rings. The van der Waals surface area contributed by atoms with Crippen LogP contribution in [0.2, 0.25) is 0 Å². The smallest absolute Gasteiger partial charge is 0.414 e. The number of carbonyl (C=O) groups excluding carboxylic acids is 1. The molecule has 1 N–H and O–H groups in total. The van der Waals surface area contributed by atoms with Crippen LogP contribution in [-0.2, 0) is 14.3 Å². The minimum Gasteiger partial charge on any atom is -0.481 e. The third-order valence-corrected chi connectivity index (χ3v) is 4.38. The Bertz CT molecular complexity index is 647. The number of ether oxygens (including phenoxy) is 2. The average molecular weight is 338 g/mol. The molecule has 130 valence electrons. The molecule has 0 radical (unpaired) electrons. The molecular weight excluding hydrogens is 319 g/mol. The molecule has 0 bridgehead atoms. The largest absolute Gasteiger partial charge is 0.481 e. The van der Waals surface area contributed by atoms with Gasteiger partial charge in [0.25, 0.3) is 0 Å². The van der Waals surface area contributed by atoms with E-state index in [1.807, 2.05) is 4.90 Å². The van der Waals surface area contributed by atoms with E-state index in [0.29, 0.717) is 37.7 Å². The maximum absolute atomic E-state index is 14.4. The van der Waals surface area contributed by atoms with E-state index in [1.165, 1.54) is 17.9 Å². The monoisotopic (exact) mass is 338 g/mol. The lowest BCUT2D eigenvalue weighted by molar-refractivity contribution is -0.143. The molecule has 1 aromatic carbocycles. The molecule has 1 amide bonds. The SMILES string of the molecule is C[C@@H](C(=O)O)C1CN(c2ccc(N3CCOCC3)c(F)c2)C(=O)O1. The molecular formula is C16H19FN2O5. The number of rotatable bonds is 4. The number of halogens is 1. The Morgan fingerprint density at radius 3 is 2.71 bits per heavy atom. The van der Waals surface area contributed by atoms with Gasteiger partial charge in [0.15, 0.2) is 0 Å². The van der Waals surface area contributed by atoms with Crippen molar-refractivity contribution in [3.63, 3.8) is 0 Å². The van der Waals surface area contributed by atoms with Crippen LogP contribution in [-0.4, -0.2) is 56.1 Å². The summed E-state index contributed by atoms with van der Waals surface area (Å²) in [6.07, 6.45) is -1.41. The fraction of sp³-hybridized carbons (Fsp3) is 0.500. The van der Waals surface area contributed by atoms with Crippen molar-refractivity contribution in [1.82, 2.24) is 0 Å². The molecule has 8 heteroatoms. The molecule has 0 aromatic heterocycles. The number of nitrogens with zero attached hydrogens (tertiary/aromatic N) is 2. The first kappa shape index (κ1) is 16.5. The summed E-state index contributed by atoms with van der Waals surface area (Å²) >= 11 is 0. The number of benzene rings is 1. The second kappa shape index (κ2) is 6.64. The zero-order valence-corrected chi connectivity index (χ0v) is 13.3. The van der Waals surface area contributed by atoms with Crippen LogP contribution in [0.5, 0.6) is 0 Å². The van der Waals surface area contributed by atoms with Crippen molar-refractivity contribution >= 4 is 23.4 Å². The molecule has 2 aliphatic heterocycles. The highest BCUT2D eigenvalue weighted by Crippen LogP contribution is 2.29. The summed E-state index contributed by atoms with van der Waals surface area (Å²) in [7, 11) is 0. The van der Waals surface area contributed by atoms with Crippen molar-refractivity contribution in [3.05, 3.63) is 24.0 Å². The van der Waals surface area contributed by atoms with Crippen LogP contribution in [0.1, 0.15) is 6.92 Å². The van der Waals surface area contributed by atoms with Crippen molar-refractivity contribution in [2.75, 3.05) is 42.6 Å². The van der Waals surface area contributed by atoms with E-state index in [4.69, 9.17) is 14.6 Å². The molecule has 7 nitrogen and oxygen atoms in total. The van der Waals surface area contributed by atoms with Crippen molar-refractivity contribution in [3.8, 4) is 0 Å². The van der Waals surface area contributed by atoms with Gasteiger partial charge in [-0.25, -0.2) is 9.18 Å². The molecule has 2 saturated heterocycles. The Morgan fingerprint density at radius 1 is 1.38 bits per heavy atom. The van der Waals surface area contributed by atoms with Crippen LogP contribution in [0.4, 0.5) is 20.6 Å². The number of hydrogen-bond donors (Lipinski definition) is 1. The number of hydrogen-bond acceptors (Lipinski definition) is 5. The molecule has 2 fully saturated rings. The van der Waals surface area contributed by atoms with Gasteiger partial charge in [0.1, 0.15) is 11.9 Å². The van der Waals surface area contributed by atoms with Crippen LogP contribution in [0.15, 0.2) is 18.2 Å². The molecule has 2 aliphatic rings. The van der Waals surface area contributed by atoms with Gasteiger partial charge in [-0.05, 0) is 25.1 Å². The predicted molar refractivity (Wildman–Crippen MR) is 83.8 cm³/mol. The van der Waals surface area contributed by atoms with Crippen LogP contribution in [0, 0.1) is 11.7 Å². The maximum Gasteiger partial charge on any atom is 0.414 e. The topological polar surface area (TPSA) is 79.3 Å². The summed E-state index contributed by atoms with van der Waals surface area (Å²) in [5, 5.41) is 9.02. The minimum absolute atomic E-state index is 0.0860. The third kappa shape index (κ3) is 3.14. The highest BCUT2D eigenvalue weighted by Gasteiger charge is 2.38. The van der Waals surface area contributed by atoms with Gasteiger partial charge in [-0.1, -0.05) is 0 Å². The van der Waals surface area contributed by atoms with E-state index in [0.717, 1.165) is 0 Å². The number of carbonyl (C=O) groups is 2. The minimum atomic E-state index is -1.04. The maximum atomic E-state index is 14.4. The van der Waals surface area contributed by atoms with E-state index >= 15 is 0 Å². The summed E-state index contributed by atoms with van der Waals surface area (Å²) in [6, 6.07) is 4.54. The summed E-state index contributed by atoms with van der Waals surface area (Å²) in [5.41, 5.74) is 0.819. The third-order valence-electron chi connectivity index (χ3n) is 4.38. The number of morpholine rings is 1. The molecule has 0 aliphatic carbocycles. The number of carboxylic acids is 1. The summed E-state index contributed by atoms with van der Waals surface area (Å²) in [4.78, 5) is 26.1. The van der Waals surface area contributed by atoms with Crippen molar-refractivity contribution in [1.29, 1.82) is 0 Å². The van der Waals surface area contributed by atoms with E-state index < -0.39 is 29.9 Å². The normalized spacial score (nSPS) is 22.4. The Morgan fingerprint density at radius 2 is 2.08 bits per heavy atom. The van der Waals surface area contributed by atoms with Gasteiger partial charge in [0.05, 0.1) is 37.1 Å². The van der Waals surface area contributed by atoms with Gasteiger partial charge >= 0.3 is 12.1 Å². The number of anilines is 2. The Balaban J connectivity index is 1.76. The summed E-state index contributed by atoms with van der Waals surface area (Å²) in [6.45, 7) is 3.89. The second-order valence-corrected chi connectivity index (χ2v) is 5.89. The van der Waals surface area contributed by atoms with Crippen molar-refractivity contribution < 1.29 is 28.6 Å². The van der Waals surface area contributed by atoms with Crippen molar-refractivity contribution in [2.24, 2.45) is 5.92 Å². The first-order chi connectivity index (χ1) is 11.5. The lowest BCUT2D eigenvalue weighted by atomic mass is 10.1. The first-order valence-corrected chi connectivity index (χ1v) is 7.80. The molecule has 1 unspecified atom stereocenters. The van der Waals surface area contributed by atoms with Crippen LogP contribution in [0.25, 0.3) is 0 Å². The highest BCUT2D eigenvalue weighted by atomic mass is 19.1. The zero-order chi connectivity index (χ0) is 17.3. The van der Waals surface area contributed by atoms with Crippen molar-refractivity contribution in [2.45, 2.75) is 13.0 Å². The molecule has 0 saturated carbocycles. The van der Waals surface area contributed by atoms with Crippen LogP contribution in [0.3, 0.4) is 0 Å². The van der Waals surface area contributed by atoms with Crippen LogP contribution < -0.4 is 9.80 Å². The van der Waals surface area contributed by atoms with Gasteiger partial charge in [-0.2, -0.15) is 0 Å². The molecule has 3 rings (SSSR count). The van der Waals surface area contributed by atoms with E-state index in [-0.39, 0.29) is 6.54 Å². The van der Waals surface area contributed by atoms with Gasteiger partial charge in [-0.3, -0.25) is 9.69 Å². The standard InChI is InChI=1S/C16H19FN2O5/c1-10(15(20)21)14-9-19(16(22)24-14)11-2-3-13(12(17)8-11)18-4-6-23-7-5-18/h2-3,8,10,14H,4-7,9H2,1H3,(H,20,21)/t10-,14?/m1/s1. The van der Waals surface area contributed by atoms with Gasteiger partial charge < -0.3 is 19.5 Å². The molecule has 2 heterocycles. The van der Waals surface area contributed by atoms with E-state index in [1.54, 1.807) is 12.1 Å². The lowest BCUT2D eigenvalue weighted by Gasteiger charge is -2.29. The summed E-state index contributed by atoms with van der Waals surface area (Å²) < 4.78 is 24.8. The highest BCUT2D eigenvalue weighted by molar-refractivity contribution is 5.90.